The number of hydrogen-bond donors (Lipinski definition) is 0. The lowest BCUT2D eigenvalue weighted by Crippen LogP contribution is -2.36. The predicted molar refractivity (Wildman–Crippen MR) is 76.2 cm³/mol. The van der Waals surface area contributed by atoms with Crippen LogP contribution in [-0.2, 0) is 0 Å². The van der Waals surface area contributed by atoms with E-state index in [1.165, 1.54) is 0 Å². The molecule has 0 saturated carbocycles. The Balaban J connectivity index is 2.54. The molecule has 1 rings (SSSR count). The van der Waals surface area contributed by atoms with Crippen molar-refractivity contribution in [1.82, 2.24) is 9.80 Å². The molecular weight excluding hydrogens is 226 g/mol. The molecule has 0 spiro atoms. The topological polar surface area (TPSA) is 28.1 Å². The monoisotopic (exact) mass is 249 g/mol. The third-order valence-electron chi connectivity index (χ3n) is 2.37. The lowest BCUT2D eigenvalue weighted by Gasteiger charge is -2.23. The molecule has 18 heavy (non-hydrogen) atoms. The lowest BCUT2D eigenvalue weighted by atomic mass is 10.3. The summed E-state index contributed by atoms with van der Waals surface area (Å²) in [7, 11) is 7.95. The summed E-state index contributed by atoms with van der Waals surface area (Å²) >= 11 is 0. The van der Waals surface area contributed by atoms with Gasteiger partial charge in [0.2, 0.25) is 0 Å². The Kier molecular flexibility index (Phi) is 5.49. The van der Waals surface area contributed by atoms with Crippen molar-refractivity contribution in [2.75, 3.05) is 34.7 Å². The Bertz CT molecular complexity index is 364. The Labute approximate surface area is 110 Å². The Morgan fingerprint density at radius 3 is 2.17 bits per heavy atom. The molecular formula is C14H23N3O. The number of para-hydroxylation sites is 1. The second kappa shape index (κ2) is 6.89. The van der Waals surface area contributed by atoms with Gasteiger partial charge in [-0.15, -0.1) is 0 Å². The smallest absolute Gasteiger partial charge is 0.195 e. The van der Waals surface area contributed by atoms with Crippen LogP contribution in [0.25, 0.3) is 0 Å². The molecule has 0 aliphatic heterocycles. The third kappa shape index (κ3) is 4.65. The number of aliphatic imine (C=N–C) groups is 1. The standard InChI is InChI=1S/C14H23N3O/c1-12(18-13-9-7-6-8-10-13)11-15-14(16(2)3)17(4)5/h6-10,12H,11H2,1-5H3. The summed E-state index contributed by atoms with van der Waals surface area (Å²) in [5.74, 6) is 1.83. The second-order valence-corrected chi connectivity index (χ2v) is 4.67. The first-order valence-corrected chi connectivity index (χ1v) is 6.11. The van der Waals surface area contributed by atoms with E-state index in [-0.39, 0.29) is 6.10 Å². The number of nitrogens with zero attached hydrogens (tertiary/aromatic N) is 3. The van der Waals surface area contributed by atoms with Gasteiger partial charge in [0.1, 0.15) is 11.9 Å². The molecule has 0 saturated heterocycles. The highest BCUT2D eigenvalue weighted by Crippen LogP contribution is 2.10. The molecule has 4 heteroatoms. The fourth-order valence-electron chi connectivity index (χ4n) is 1.66. The summed E-state index contributed by atoms with van der Waals surface area (Å²) in [4.78, 5) is 8.55. The minimum Gasteiger partial charge on any atom is -0.489 e. The summed E-state index contributed by atoms with van der Waals surface area (Å²) in [6, 6.07) is 9.83. The predicted octanol–water partition coefficient (Wildman–Crippen LogP) is 1.93. The molecule has 0 aromatic heterocycles. The van der Waals surface area contributed by atoms with E-state index < -0.39 is 0 Å². The van der Waals surface area contributed by atoms with Gasteiger partial charge in [0.05, 0.1) is 6.54 Å². The molecule has 0 radical (unpaired) electrons. The van der Waals surface area contributed by atoms with Gasteiger partial charge in [-0.1, -0.05) is 18.2 Å². The summed E-state index contributed by atoms with van der Waals surface area (Å²) in [5, 5.41) is 0. The Morgan fingerprint density at radius 1 is 1.11 bits per heavy atom. The van der Waals surface area contributed by atoms with E-state index >= 15 is 0 Å². The zero-order chi connectivity index (χ0) is 13.5. The summed E-state index contributed by atoms with van der Waals surface area (Å²) in [6.45, 7) is 2.67. The summed E-state index contributed by atoms with van der Waals surface area (Å²) < 4.78 is 5.78. The Morgan fingerprint density at radius 2 is 1.67 bits per heavy atom. The molecule has 1 atom stereocenters. The lowest BCUT2D eigenvalue weighted by molar-refractivity contribution is 0.229. The van der Waals surface area contributed by atoms with Gasteiger partial charge < -0.3 is 14.5 Å². The van der Waals surface area contributed by atoms with E-state index in [0.29, 0.717) is 6.54 Å². The highest BCUT2D eigenvalue weighted by molar-refractivity contribution is 5.79. The van der Waals surface area contributed by atoms with Crippen molar-refractivity contribution in [1.29, 1.82) is 0 Å². The normalized spacial score (nSPS) is 11.6. The van der Waals surface area contributed by atoms with Gasteiger partial charge in [-0.05, 0) is 19.1 Å². The van der Waals surface area contributed by atoms with Gasteiger partial charge in [0, 0.05) is 28.2 Å². The van der Waals surface area contributed by atoms with E-state index in [0.717, 1.165) is 11.7 Å². The van der Waals surface area contributed by atoms with Crippen LogP contribution >= 0.6 is 0 Å². The van der Waals surface area contributed by atoms with Crippen molar-refractivity contribution >= 4 is 5.96 Å². The molecule has 100 valence electrons. The maximum Gasteiger partial charge on any atom is 0.195 e. The zero-order valence-electron chi connectivity index (χ0n) is 11.9. The summed E-state index contributed by atoms with van der Waals surface area (Å²) in [6.07, 6.45) is 0.0577. The highest BCUT2D eigenvalue weighted by atomic mass is 16.5. The van der Waals surface area contributed by atoms with E-state index in [2.05, 4.69) is 4.99 Å². The van der Waals surface area contributed by atoms with E-state index in [4.69, 9.17) is 4.74 Å². The van der Waals surface area contributed by atoms with Crippen LogP contribution in [0.4, 0.5) is 0 Å². The van der Waals surface area contributed by atoms with Crippen molar-refractivity contribution in [3.05, 3.63) is 30.3 Å². The molecule has 0 fully saturated rings. The van der Waals surface area contributed by atoms with Crippen LogP contribution < -0.4 is 4.74 Å². The van der Waals surface area contributed by atoms with Crippen LogP contribution in [0, 0.1) is 0 Å². The molecule has 0 N–H and O–H groups in total. The highest BCUT2D eigenvalue weighted by Gasteiger charge is 2.07. The van der Waals surface area contributed by atoms with Crippen LogP contribution in [0.15, 0.2) is 35.3 Å². The quantitative estimate of drug-likeness (QED) is 0.603. The summed E-state index contributed by atoms with van der Waals surface area (Å²) in [5.41, 5.74) is 0. The Hall–Kier alpha value is -1.71. The molecule has 1 aromatic rings. The van der Waals surface area contributed by atoms with Gasteiger partial charge >= 0.3 is 0 Å². The average Bonchev–Trinajstić information content (AvgIpc) is 2.29. The minimum atomic E-state index is 0.0577. The van der Waals surface area contributed by atoms with Crippen LogP contribution in [0.5, 0.6) is 5.75 Å². The van der Waals surface area contributed by atoms with Crippen molar-refractivity contribution < 1.29 is 4.74 Å². The fraction of sp³-hybridized carbons (Fsp3) is 0.500. The van der Waals surface area contributed by atoms with Crippen molar-refractivity contribution in [3.8, 4) is 5.75 Å². The molecule has 4 nitrogen and oxygen atoms in total. The molecule has 1 unspecified atom stereocenters. The number of ether oxygens (including phenoxy) is 1. The largest absolute Gasteiger partial charge is 0.489 e. The first kappa shape index (κ1) is 14.4. The van der Waals surface area contributed by atoms with Crippen molar-refractivity contribution in [2.24, 2.45) is 4.99 Å². The van der Waals surface area contributed by atoms with Gasteiger partial charge in [-0.2, -0.15) is 0 Å². The molecule has 0 bridgehead atoms. The van der Waals surface area contributed by atoms with E-state index in [1.807, 2.05) is 75.2 Å². The first-order valence-electron chi connectivity index (χ1n) is 6.11. The third-order valence-corrected chi connectivity index (χ3v) is 2.37. The van der Waals surface area contributed by atoms with Gasteiger partial charge in [0.15, 0.2) is 5.96 Å². The average molecular weight is 249 g/mol. The number of hydrogen-bond acceptors (Lipinski definition) is 2. The second-order valence-electron chi connectivity index (χ2n) is 4.67. The molecule has 0 aliphatic carbocycles. The minimum absolute atomic E-state index is 0.0577. The zero-order valence-corrected chi connectivity index (χ0v) is 11.9. The molecule has 0 aliphatic rings. The van der Waals surface area contributed by atoms with E-state index in [9.17, 15) is 0 Å². The van der Waals surface area contributed by atoms with Crippen LogP contribution in [0.1, 0.15) is 6.92 Å². The van der Waals surface area contributed by atoms with E-state index in [1.54, 1.807) is 0 Å². The molecule has 0 amide bonds. The van der Waals surface area contributed by atoms with Gasteiger partial charge in [-0.3, -0.25) is 0 Å². The van der Waals surface area contributed by atoms with Gasteiger partial charge in [-0.25, -0.2) is 4.99 Å². The number of guanidine groups is 1. The SMILES string of the molecule is CC(CN=C(N(C)C)N(C)C)Oc1ccccc1. The maximum atomic E-state index is 5.78. The first-order chi connectivity index (χ1) is 8.50. The van der Waals surface area contributed by atoms with Crippen molar-refractivity contribution in [2.45, 2.75) is 13.0 Å². The molecule has 1 aromatic carbocycles. The molecule has 0 heterocycles. The van der Waals surface area contributed by atoms with Gasteiger partial charge in [0.25, 0.3) is 0 Å². The number of rotatable bonds is 4. The van der Waals surface area contributed by atoms with Crippen LogP contribution in [0.3, 0.4) is 0 Å². The van der Waals surface area contributed by atoms with Crippen LogP contribution in [-0.4, -0.2) is 56.6 Å². The van der Waals surface area contributed by atoms with Crippen molar-refractivity contribution in [3.63, 3.8) is 0 Å². The van der Waals surface area contributed by atoms with Crippen LogP contribution in [0.2, 0.25) is 0 Å². The fourth-order valence-corrected chi connectivity index (χ4v) is 1.66. The number of benzene rings is 1. The maximum absolute atomic E-state index is 5.78.